The first kappa shape index (κ1) is 20.1. The highest BCUT2D eigenvalue weighted by Crippen LogP contribution is 2.23. The first-order chi connectivity index (χ1) is 15.0. The Morgan fingerprint density at radius 3 is 2.23 bits per heavy atom. The predicted molar refractivity (Wildman–Crippen MR) is 108 cm³/mol. The van der Waals surface area contributed by atoms with E-state index in [9.17, 15) is 18.8 Å². The minimum absolute atomic E-state index is 0.00700. The van der Waals surface area contributed by atoms with Gasteiger partial charge in [0.2, 0.25) is 5.91 Å². The third kappa shape index (κ3) is 4.40. The van der Waals surface area contributed by atoms with E-state index in [1.54, 1.807) is 30.3 Å². The number of nitrogens with zero attached hydrogens (tertiary/aromatic N) is 3. The van der Waals surface area contributed by atoms with Gasteiger partial charge in [-0.25, -0.2) is 14.4 Å². The fourth-order valence-electron chi connectivity index (χ4n) is 3.12. The molecule has 0 bridgehead atoms. The van der Waals surface area contributed by atoms with Crippen LogP contribution in [-0.4, -0.2) is 39.1 Å². The summed E-state index contributed by atoms with van der Waals surface area (Å²) in [6, 6.07) is 12.4. The highest BCUT2D eigenvalue weighted by molar-refractivity contribution is 6.21. The van der Waals surface area contributed by atoms with Crippen LogP contribution in [0, 0.1) is 5.82 Å². The van der Waals surface area contributed by atoms with E-state index in [1.165, 1.54) is 30.6 Å². The van der Waals surface area contributed by atoms with Crippen LogP contribution in [0.15, 0.2) is 60.9 Å². The molecule has 1 aliphatic heterocycles. The molecule has 0 spiro atoms. The SMILES string of the molecule is O=C(CCCN1C(=O)c2ccccc2C1=O)Nc1cnc(Oc2ccccc2F)nc1. The summed E-state index contributed by atoms with van der Waals surface area (Å²) in [5.41, 5.74) is 1.10. The number of hydrogen-bond donors (Lipinski definition) is 1. The molecule has 3 amide bonds. The van der Waals surface area contributed by atoms with Crippen LogP contribution in [0.1, 0.15) is 33.6 Å². The van der Waals surface area contributed by atoms with Crippen molar-refractivity contribution >= 4 is 23.4 Å². The topological polar surface area (TPSA) is 101 Å². The predicted octanol–water partition coefficient (Wildman–Crippen LogP) is 3.42. The average Bonchev–Trinajstić information content (AvgIpc) is 3.02. The lowest BCUT2D eigenvalue weighted by atomic mass is 10.1. The van der Waals surface area contributed by atoms with Crippen LogP contribution in [0.2, 0.25) is 0 Å². The fourth-order valence-corrected chi connectivity index (χ4v) is 3.12. The van der Waals surface area contributed by atoms with Gasteiger partial charge in [-0.2, -0.15) is 0 Å². The number of ether oxygens (including phenoxy) is 1. The normalized spacial score (nSPS) is 12.6. The van der Waals surface area contributed by atoms with E-state index in [0.717, 1.165) is 4.90 Å². The Hall–Kier alpha value is -4.14. The molecule has 0 fully saturated rings. The second-order valence-corrected chi connectivity index (χ2v) is 6.75. The minimum atomic E-state index is -0.540. The van der Waals surface area contributed by atoms with E-state index >= 15 is 0 Å². The van der Waals surface area contributed by atoms with Gasteiger partial charge in [-0.05, 0) is 30.7 Å². The van der Waals surface area contributed by atoms with Gasteiger partial charge >= 0.3 is 6.01 Å². The molecule has 2 aromatic carbocycles. The molecule has 0 aliphatic carbocycles. The average molecular weight is 420 g/mol. The minimum Gasteiger partial charge on any atom is -0.421 e. The van der Waals surface area contributed by atoms with E-state index in [4.69, 9.17) is 4.74 Å². The molecule has 0 saturated heterocycles. The highest BCUT2D eigenvalue weighted by Gasteiger charge is 2.34. The Balaban J connectivity index is 1.26. The van der Waals surface area contributed by atoms with Crippen LogP contribution in [0.4, 0.5) is 10.1 Å². The Kier molecular flexibility index (Phi) is 5.65. The van der Waals surface area contributed by atoms with Crippen molar-refractivity contribution in [2.24, 2.45) is 0 Å². The van der Waals surface area contributed by atoms with Gasteiger partial charge in [0.1, 0.15) is 0 Å². The zero-order chi connectivity index (χ0) is 21.8. The standard InChI is InChI=1S/C22H17FN4O4/c23-17-8-3-4-9-18(17)31-22-24-12-14(13-25-22)26-19(28)10-5-11-27-20(29)15-6-1-2-7-16(15)21(27)30/h1-4,6-9,12-13H,5,10-11H2,(H,26,28). The zero-order valence-corrected chi connectivity index (χ0v) is 16.2. The van der Waals surface area contributed by atoms with Crippen molar-refractivity contribution in [2.75, 3.05) is 11.9 Å². The number of para-hydroxylation sites is 1. The lowest BCUT2D eigenvalue weighted by Crippen LogP contribution is -2.31. The smallest absolute Gasteiger partial charge is 0.322 e. The number of hydrogen-bond acceptors (Lipinski definition) is 6. The molecule has 1 aliphatic rings. The van der Waals surface area contributed by atoms with Crippen molar-refractivity contribution in [1.29, 1.82) is 0 Å². The van der Waals surface area contributed by atoms with Crippen LogP contribution in [0.3, 0.4) is 0 Å². The summed E-state index contributed by atoms with van der Waals surface area (Å²) in [6.07, 6.45) is 3.09. The van der Waals surface area contributed by atoms with Gasteiger partial charge in [-0.15, -0.1) is 0 Å². The Morgan fingerprint density at radius 2 is 1.58 bits per heavy atom. The summed E-state index contributed by atoms with van der Waals surface area (Å²) in [4.78, 5) is 45.8. The van der Waals surface area contributed by atoms with Crippen molar-refractivity contribution < 1.29 is 23.5 Å². The van der Waals surface area contributed by atoms with Gasteiger partial charge < -0.3 is 10.1 Å². The fraction of sp³-hybridized carbons (Fsp3) is 0.136. The molecule has 2 heterocycles. The van der Waals surface area contributed by atoms with Crippen molar-refractivity contribution in [1.82, 2.24) is 14.9 Å². The number of aromatic nitrogens is 2. The van der Waals surface area contributed by atoms with Crippen LogP contribution >= 0.6 is 0 Å². The molecule has 4 rings (SSSR count). The lowest BCUT2D eigenvalue weighted by molar-refractivity contribution is -0.116. The number of halogens is 1. The van der Waals surface area contributed by atoms with Gasteiger partial charge in [-0.1, -0.05) is 24.3 Å². The van der Waals surface area contributed by atoms with Gasteiger partial charge in [0.05, 0.1) is 29.2 Å². The number of amides is 3. The second kappa shape index (κ2) is 8.70. The van der Waals surface area contributed by atoms with E-state index in [1.807, 2.05) is 0 Å². The Morgan fingerprint density at radius 1 is 0.968 bits per heavy atom. The molecule has 1 aromatic heterocycles. The van der Waals surface area contributed by atoms with Crippen LogP contribution in [-0.2, 0) is 4.79 Å². The van der Waals surface area contributed by atoms with E-state index in [2.05, 4.69) is 15.3 Å². The number of imide groups is 1. The number of fused-ring (bicyclic) bond motifs is 1. The summed E-state index contributed by atoms with van der Waals surface area (Å²) in [6.45, 7) is 0.145. The third-order valence-corrected chi connectivity index (χ3v) is 4.61. The van der Waals surface area contributed by atoms with Crippen molar-refractivity contribution in [2.45, 2.75) is 12.8 Å². The molecule has 0 unspecified atom stereocenters. The first-order valence-electron chi connectivity index (χ1n) is 9.52. The molecule has 156 valence electrons. The maximum atomic E-state index is 13.6. The van der Waals surface area contributed by atoms with Crippen LogP contribution < -0.4 is 10.1 Å². The molecule has 0 atom stereocenters. The maximum absolute atomic E-state index is 13.6. The quantitative estimate of drug-likeness (QED) is 0.588. The third-order valence-electron chi connectivity index (χ3n) is 4.61. The van der Waals surface area contributed by atoms with E-state index < -0.39 is 5.82 Å². The molecular weight excluding hydrogens is 403 g/mol. The number of carbonyl (C=O) groups excluding carboxylic acids is 3. The number of benzene rings is 2. The number of nitrogens with one attached hydrogen (secondary N) is 1. The van der Waals surface area contributed by atoms with Gasteiger partial charge in [-0.3, -0.25) is 19.3 Å². The summed E-state index contributed by atoms with van der Waals surface area (Å²) in [5, 5.41) is 2.63. The summed E-state index contributed by atoms with van der Waals surface area (Å²) in [5.74, 6) is -1.56. The van der Waals surface area contributed by atoms with Crippen molar-refractivity contribution in [3.05, 3.63) is 77.9 Å². The van der Waals surface area contributed by atoms with E-state index in [-0.39, 0.29) is 42.4 Å². The van der Waals surface area contributed by atoms with Gasteiger partial charge in [0.25, 0.3) is 11.8 Å². The zero-order valence-electron chi connectivity index (χ0n) is 16.2. The number of rotatable bonds is 7. The molecule has 0 radical (unpaired) electrons. The van der Waals surface area contributed by atoms with Crippen molar-refractivity contribution in [3.63, 3.8) is 0 Å². The molecule has 0 saturated carbocycles. The Labute approximate surface area is 176 Å². The first-order valence-corrected chi connectivity index (χ1v) is 9.52. The van der Waals surface area contributed by atoms with Crippen LogP contribution in [0.25, 0.3) is 0 Å². The van der Waals surface area contributed by atoms with E-state index in [0.29, 0.717) is 23.2 Å². The molecular formula is C22H17FN4O4. The summed E-state index contributed by atoms with van der Waals surface area (Å²) in [7, 11) is 0. The second-order valence-electron chi connectivity index (χ2n) is 6.75. The molecule has 8 nitrogen and oxygen atoms in total. The molecule has 1 N–H and O–H groups in total. The maximum Gasteiger partial charge on any atom is 0.322 e. The Bertz CT molecular complexity index is 1120. The lowest BCUT2D eigenvalue weighted by Gasteiger charge is -2.13. The molecule has 31 heavy (non-hydrogen) atoms. The molecule has 9 heteroatoms. The summed E-state index contributed by atoms with van der Waals surface area (Å²) < 4.78 is 18.9. The number of anilines is 1. The van der Waals surface area contributed by atoms with Gasteiger partial charge in [0.15, 0.2) is 11.6 Å². The van der Waals surface area contributed by atoms with Crippen LogP contribution in [0.5, 0.6) is 11.8 Å². The monoisotopic (exact) mass is 420 g/mol. The number of carbonyl (C=O) groups is 3. The summed E-state index contributed by atoms with van der Waals surface area (Å²) >= 11 is 0. The van der Waals surface area contributed by atoms with Crippen molar-refractivity contribution in [3.8, 4) is 11.8 Å². The molecule has 3 aromatic rings. The van der Waals surface area contributed by atoms with Gasteiger partial charge in [0, 0.05) is 13.0 Å². The highest BCUT2D eigenvalue weighted by atomic mass is 19.1. The largest absolute Gasteiger partial charge is 0.421 e.